The van der Waals surface area contributed by atoms with Crippen molar-refractivity contribution in [2.24, 2.45) is 11.3 Å². The Morgan fingerprint density at radius 1 is 0.897 bits per heavy atom. The molecule has 3 nitrogen and oxygen atoms in total. The van der Waals surface area contributed by atoms with Crippen LogP contribution in [0.1, 0.15) is 38.6 Å². The lowest BCUT2D eigenvalue weighted by molar-refractivity contribution is 0.294. The van der Waals surface area contributed by atoms with Gasteiger partial charge in [0, 0.05) is 11.1 Å². The summed E-state index contributed by atoms with van der Waals surface area (Å²) in [4.78, 5) is 0. The average molecular weight is 383 g/mol. The zero-order valence-corrected chi connectivity index (χ0v) is 17.2. The first-order valence-electron chi connectivity index (χ1n) is 9.99. The third-order valence-corrected chi connectivity index (χ3v) is 5.50. The molecular weight excluding hydrogens is 356 g/mol. The van der Waals surface area contributed by atoms with Crippen molar-refractivity contribution < 1.29 is 4.42 Å². The van der Waals surface area contributed by atoms with Gasteiger partial charge in [-0.15, -0.1) is 10.2 Å². The topological polar surface area (TPSA) is 38.9 Å². The first-order chi connectivity index (χ1) is 13.9. The van der Waals surface area contributed by atoms with Gasteiger partial charge in [-0.3, -0.25) is 0 Å². The predicted molar refractivity (Wildman–Crippen MR) is 120 cm³/mol. The Balaban J connectivity index is 1.50. The first-order valence-corrected chi connectivity index (χ1v) is 9.99. The van der Waals surface area contributed by atoms with Crippen molar-refractivity contribution in [3.05, 3.63) is 84.8 Å². The highest BCUT2D eigenvalue weighted by molar-refractivity contribution is 5.71. The van der Waals surface area contributed by atoms with E-state index in [0.717, 1.165) is 28.7 Å². The molecule has 0 fully saturated rings. The maximum absolute atomic E-state index is 5.95. The minimum Gasteiger partial charge on any atom is -0.416 e. The Labute approximate surface area is 172 Å². The van der Waals surface area contributed by atoms with Crippen LogP contribution in [-0.4, -0.2) is 10.2 Å². The minimum absolute atomic E-state index is 0.256. The maximum atomic E-state index is 5.95. The molecule has 2 aromatic carbocycles. The summed E-state index contributed by atoms with van der Waals surface area (Å²) in [5.74, 6) is 1.65. The van der Waals surface area contributed by atoms with E-state index in [1.54, 1.807) is 0 Å². The Bertz CT molecular complexity index is 1060. The van der Waals surface area contributed by atoms with E-state index in [9.17, 15) is 0 Å². The van der Waals surface area contributed by atoms with Gasteiger partial charge in [-0.2, -0.15) is 0 Å². The summed E-state index contributed by atoms with van der Waals surface area (Å²) in [6, 6.07) is 16.5. The third kappa shape index (κ3) is 4.14. The zero-order chi connectivity index (χ0) is 20.4. The Kier molecular flexibility index (Phi) is 5.06. The molecule has 0 saturated carbocycles. The van der Waals surface area contributed by atoms with Gasteiger partial charge >= 0.3 is 0 Å². The van der Waals surface area contributed by atoms with Crippen LogP contribution in [0.4, 0.5) is 0 Å². The van der Waals surface area contributed by atoms with Crippen LogP contribution in [0.3, 0.4) is 0 Å². The molecule has 4 rings (SSSR count). The summed E-state index contributed by atoms with van der Waals surface area (Å²) in [6.07, 6.45) is 9.40. The van der Waals surface area contributed by atoms with Gasteiger partial charge in [0.1, 0.15) is 0 Å². The summed E-state index contributed by atoms with van der Waals surface area (Å²) < 4.78 is 5.95. The van der Waals surface area contributed by atoms with Crippen LogP contribution in [0.25, 0.3) is 34.2 Å². The van der Waals surface area contributed by atoms with Crippen LogP contribution in [0.15, 0.2) is 77.8 Å². The molecule has 0 saturated heterocycles. The molecule has 3 aromatic rings. The van der Waals surface area contributed by atoms with E-state index in [4.69, 9.17) is 4.42 Å². The van der Waals surface area contributed by atoms with Crippen LogP contribution in [0.5, 0.6) is 0 Å². The van der Waals surface area contributed by atoms with E-state index in [2.05, 4.69) is 92.2 Å². The van der Waals surface area contributed by atoms with Crippen molar-refractivity contribution in [2.45, 2.75) is 27.2 Å². The van der Waals surface area contributed by atoms with Crippen molar-refractivity contribution in [1.29, 1.82) is 0 Å². The van der Waals surface area contributed by atoms with Crippen LogP contribution >= 0.6 is 0 Å². The van der Waals surface area contributed by atoms with Gasteiger partial charge in [0.05, 0.1) is 0 Å². The van der Waals surface area contributed by atoms with E-state index in [1.165, 1.54) is 5.56 Å². The molecular formula is C26H26N2O. The number of allylic oxidation sites excluding steroid dienone is 4. The largest absolute Gasteiger partial charge is 0.416 e. The van der Waals surface area contributed by atoms with Crippen LogP contribution in [-0.2, 0) is 0 Å². The van der Waals surface area contributed by atoms with Gasteiger partial charge in [0.2, 0.25) is 11.8 Å². The summed E-state index contributed by atoms with van der Waals surface area (Å²) in [5, 5.41) is 8.51. The molecule has 1 aromatic heterocycles. The zero-order valence-electron chi connectivity index (χ0n) is 17.2. The number of benzene rings is 2. The monoisotopic (exact) mass is 382 g/mol. The Hall–Kier alpha value is -3.20. The number of nitrogens with zero attached hydrogens (tertiary/aromatic N) is 2. The van der Waals surface area contributed by atoms with Crippen molar-refractivity contribution >= 4 is 11.6 Å². The van der Waals surface area contributed by atoms with Gasteiger partial charge in [0.25, 0.3) is 0 Å². The Morgan fingerprint density at radius 2 is 1.48 bits per heavy atom. The van der Waals surface area contributed by atoms with Crippen LogP contribution in [0.2, 0.25) is 0 Å². The lowest BCUT2D eigenvalue weighted by Crippen LogP contribution is -2.19. The van der Waals surface area contributed by atoms with E-state index in [-0.39, 0.29) is 5.41 Å². The van der Waals surface area contributed by atoms with Crippen molar-refractivity contribution in [3.63, 3.8) is 0 Å². The molecule has 0 amide bonds. The minimum atomic E-state index is 0.256. The highest BCUT2D eigenvalue weighted by Gasteiger charge is 2.24. The van der Waals surface area contributed by atoms with E-state index in [1.807, 2.05) is 18.2 Å². The SMILES string of the molecule is C=Cc1ccc(-c2ccc(-c3nnc(C4=CCC(C(C)(C)C)C=C4)o3)cc2)cc1. The van der Waals surface area contributed by atoms with Crippen LogP contribution in [0, 0.1) is 11.3 Å². The van der Waals surface area contributed by atoms with Crippen molar-refractivity contribution in [3.8, 4) is 22.6 Å². The lowest BCUT2D eigenvalue weighted by Gasteiger charge is -2.29. The second kappa shape index (κ2) is 7.67. The molecule has 29 heavy (non-hydrogen) atoms. The van der Waals surface area contributed by atoms with Gasteiger partial charge in [-0.1, -0.05) is 88.1 Å². The highest BCUT2D eigenvalue weighted by Crippen LogP contribution is 2.35. The Morgan fingerprint density at radius 3 is 2.03 bits per heavy atom. The molecule has 0 bridgehead atoms. The van der Waals surface area contributed by atoms with Crippen LogP contribution < -0.4 is 0 Å². The summed E-state index contributed by atoms with van der Waals surface area (Å²) in [7, 11) is 0. The quantitative estimate of drug-likeness (QED) is 0.485. The maximum Gasteiger partial charge on any atom is 0.248 e. The van der Waals surface area contributed by atoms with E-state index >= 15 is 0 Å². The molecule has 0 radical (unpaired) electrons. The molecule has 0 spiro atoms. The number of aromatic nitrogens is 2. The van der Waals surface area contributed by atoms with Gasteiger partial charge < -0.3 is 4.42 Å². The molecule has 1 atom stereocenters. The summed E-state index contributed by atoms with van der Waals surface area (Å²) in [6.45, 7) is 10.6. The molecule has 1 aliphatic rings. The van der Waals surface area contributed by atoms with Gasteiger partial charge in [-0.05, 0) is 46.6 Å². The van der Waals surface area contributed by atoms with Crippen molar-refractivity contribution in [1.82, 2.24) is 10.2 Å². The summed E-state index contributed by atoms with van der Waals surface area (Å²) in [5.41, 5.74) is 5.61. The van der Waals surface area contributed by atoms with E-state index < -0.39 is 0 Å². The number of hydrogen-bond acceptors (Lipinski definition) is 3. The average Bonchev–Trinajstić information content (AvgIpc) is 3.24. The molecule has 1 heterocycles. The normalized spacial score (nSPS) is 16.5. The smallest absolute Gasteiger partial charge is 0.248 e. The second-order valence-corrected chi connectivity index (χ2v) is 8.54. The second-order valence-electron chi connectivity index (χ2n) is 8.54. The molecule has 1 unspecified atom stereocenters. The first kappa shape index (κ1) is 19.1. The standard InChI is InChI=1S/C26H26N2O/c1-5-18-6-8-19(9-7-18)20-10-12-21(13-11-20)24-27-28-25(29-24)22-14-16-23(17-15-22)26(2,3)4/h5-16,23H,1,17H2,2-4H3. The molecule has 0 aliphatic heterocycles. The van der Waals surface area contributed by atoms with Crippen molar-refractivity contribution in [2.75, 3.05) is 0 Å². The number of hydrogen-bond donors (Lipinski definition) is 0. The molecule has 146 valence electrons. The van der Waals surface area contributed by atoms with Gasteiger partial charge in [0.15, 0.2) is 0 Å². The highest BCUT2D eigenvalue weighted by atomic mass is 16.4. The molecule has 1 aliphatic carbocycles. The summed E-state index contributed by atoms with van der Waals surface area (Å²) >= 11 is 0. The molecule has 0 N–H and O–H groups in total. The predicted octanol–water partition coefficient (Wildman–Crippen LogP) is 7.05. The van der Waals surface area contributed by atoms with E-state index in [0.29, 0.717) is 17.7 Å². The lowest BCUT2D eigenvalue weighted by atomic mass is 9.76. The fourth-order valence-corrected chi connectivity index (χ4v) is 3.49. The fourth-order valence-electron chi connectivity index (χ4n) is 3.49. The number of rotatable bonds is 4. The fraction of sp³-hybridized carbons (Fsp3) is 0.231. The van der Waals surface area contributed by atoms with Gasteiger partial charge in [-0.25, -0.2) is 0 Å². The molecule has 3 heteroatoms. The third-order valence-electron chi connectivity index (χ3n) is 5.50.